The lowest BCUT2D eigenvalue weighted by Crippen LogP contribution is -2.55. The number of hydrogen-bond donors (Lipinski definition) is 2. The van der Waals surface area contributed by atoms with Gasteiger partial charge in [-0.05, 0) is 24.0 Å². The van der Waals surface area contributed by atoms with Crippen LogP contribution in [0.4, 0.5) is 5.69 Å². The highest BCUT2D eigenvalue weighted by atomic mass is 16.2. The number of aryl methyl sites for hydroxylation is 1. The number of rotatable bonds is 6. The van der Waals surface area contributed by atoms with Crippen molar-refractivity contribution in [3.05, 3.63) is 29.8 Å². The van der Waals surface area contributed by atoms with Gasteiger partial charge in [-0.2, -0.15) is 0 Å². The van der Waals surface area contributed by atoms with Gasteiger partial charge in [-0.1, -0.05) is 39.0 Å². The predicted molar refractivity (Wildman–Crippen MR) is 100 cm³/mol. The maximum Gasteiger partial charge on any atom is 0.239 e. The molecule has 1 aliphatic rings. The molecule has 138 valence electrons. The van der Waals surface area contributed by atoms with Gasteiger partial charge in [-0.3, -0.25) is 14.5 Å². The van der Waals surface area contributed by atoms with Crippen LogP contribution in [0.5, 0.6) is 0 Å². The zero-order valence-corrected chi connectivity index (χ0v) is 15.5. The molecule has 0 aliphatic carbocycles. The SMILES string of the molecule is CCc1ccccc1NC(=O)CN1CCN(C(=O)[C@@H](N)C(C)C)CC1. The Morgan fingerprint density at radius 3 is 2.40 bits per heavy atom. The van der Waals surface area contributed by atoms with E-state index in [0.29, 0.717) is 32.7 Å². The van der Waals surface area contributed by atoms with Gasteiger partial charge in [0.05, 0.1) is 12.6 Å². The first-order chi connectivity index (χ1) is 11.9. The molecule has 1 aliphatic heterocycles. The standard InChI is InChI=1S/C19H30N4O2/c1-4-15-7-5-6-8-16(15)21-17(24)13-22-9-11-23(12-10-22)19(25)18(20)14(2)3/h5-8,14,18H,4,9-13,20H2,1-3H3,(H,21,24)/t18-/m0/s1. The molecule has 25 heavy (non-hydrogen) atoms. The van der Waals surface area contributed by atoms with Gasteiger partial charge in [-0.15, -0.1) is 0 Å². The molecule has 1 heterocycles. The van der Waals surface area contributed by atoms with Crippen molar-refractivity contribution in [3.8, 4) is 0 Å². The minimum atomic E-state index is -0.444. The minimum Gasteiger partial charge on any atom is -0.339 e. The van der Waals surface area contributed by atoms with Crippen molar-refractivity contribution in [1.29, 1.82) is 0 Å². The quantitative estimate of drug-likeness (QED) is 0.814. The molecule has 0 unspecified atom stereocenters. The second-order valence-corrected chi connectivity index (χ2v) is 6.93. The molecule has 3 N–H and O–H groups in total. The lowest BCUT2D eigenvalue weighted by Gasteiger charge is -2.36. The van der Waals surface area contributed by atoms with Gasteiger partial charge in [0, 0.05) is 31.9 Å². The molecule has 2 rings (SSSR count). The average Bonchev–Trinajstić information content (AvgIpc) is 2.61. The van der Waals surface area contributed by atoms with Crippen molar-refractivity contribution < 1.29 is 9.59 Å². The highest BCUT2D eigenvalue weighted by molar-refractivity contribution is 5.93. The molecule has 2 amide bonds. The highest BCUT2D eigenvalue weighted by Crippen LogP contribution is 2.15. The van der Waals surface area contributed by atoms with E-state index in [1.54, 1.807) is 0 Å². The summed E-state index contributed by atoms with van der Waals surface area (Å²) >= 11 is 0. The normalized spacial score (nSPS) is 16.8. The molecule has 1 fully saturated rings. The van der Waals surface area contributed by atoms with Crippen LogP contribution >= 0.6 is 0 Å². The molecule has 0 radical (unpaired) electrons. The molecular formula is C19H30N4O2. The summed E-state index contributed by atoms with van der Waals surface area (Å²) in [5, 5.41) is 2.99. The fourth-order valence-corrected chi connectivity index (χ4v) is 2.97. The van der Waals surface area contributed by atoms with E-state index in [9.17, 15) is 9.59 Å². The number of amides is 2. The van der Waals surface area contributed by atoms with Crippen LogP contribution in [-0.2, 0) is 16.0 Å². The van der Waals surface area contributed by atoms with E-state index in [-0.39, 0.29) is 17.7 Å². The Kier molecular flexibility index (Phi) is 6.96. The number of carbonyl (C=O) groups excluding carboxylic acids is 2. The Hall–Kier alpha value is -1.92. The summed E-state index contributed by atoms with van der Waals surface area (Å²) in [7, 11) is 0. The first kappa shape index (κ1) is 19.4. The second kappa shape index (κ2) is 8.97. The number of para-hydroxylation sites is 1. The third-order valence-electron chi connectivity index (χ3n) is 4.73. The molecule has 0 bridgehead atoms. The molecule has 1 atom stereocenters. The van der Waals surface area contributed by atoms with Gasteiger partial charge >= 0.3 is 0 Å². The summed E-state index contributed by atoms with van der Waals surface area (Å²) < 4.78 is 0. The van der Waals surface area contributed by atoms with Crippen molar-refractivity contribution >= 4 is 17.5 Å². The van der Waals surface area contributed by atoms with Gasteiger partial charge in [0.15, 0.2) is 0 Å². The van der Waals surface area contributed by atoms with E-state index in [0.717, 1.165) is 17.7 Å². The fourth-order valence-electron chi connectivity index (χ4n) is 2.97. The maximum atomic E-state index is 12.3. The van der Waals surface area contributed by atoms with Gasteiger partial charge in [-0.25, -0.2) is 0 Å². The van der Waals surface area contributed by atoms with Crippen LogP contribution in [-0.4, -0.2) is 60.4 Å². The van der Waals surface area contributed by atoms with Crippen LogP contribution in [0.15, 0.2) is 24.3 Å². The third-order valence-corrected chi connectivity index (χ3v) is 4.73. The zero-order chi connectivity index (χ0) is 18.4. The lowest BCUT2D eigenvalue weighted by molar-refractivity contribution is -0.135. The molecule has 6 heteroatoms. The van der Waals surface area contributed by atoms with Crippen molar-refractivity contribution in [1.82, 2.24) is 9.80 Å². The Labute approximate surface area is 150 Å². The topological polar surface area (TPSA) is 78.7 Å². The van der Waals surface area contributed by atoms with E-state index >= 15 is 0 Å². The number of hydrogen-bond acceptors (Lipinski definition) is 4. The van der Waals surface area contributed by atoms with Crippen LogP contribution in [0, 0.1) is 5.92 Å². The molecule has 1 aromatic rings. The molecule has 1 aromatic carbocycles. The van der Waals surface area contributed by atoms with E-state index in [2.05, 4.69) is 17.1 Å². The Morgan fingerprint density at radius 2 is 1.80 bits per heavy atom. The molecule has 1 saturated heterocycles. The van der Waals surface area contributed by atoms with Crippen molar-refractivity contribution in [2.75, 3.05) is 38.0 Å². The molecule has 0 saturated carbocycles. The number of anilines is 1. The smallest absolute Gasteiger partial charge is 0.239 e. The molecular weight excluding hydrogens is 316 g/mol. The van der Waals surface area contributed by atoms with E-state index < -0.39 is 6.04 Å². The summed E-state index contributed by atoms with van der Waals surface area (Å²) in [6, 6.07) is 7.42. The lowest BCUT2D eigenvalue weighted by atomic mass is 10.0. The van der Waals surface area contributed by atoms with Crippen LogP contribution in [0.2, 0.25) is 0 Å². The number of carbonyl (C=O) groups is 2. The summed E-state index contributed by atoms with van der Waals surface area (Å²) in [5.74, 6) is 0.130. The van der Waals surface area contributed by atoms with E-state index in [4.69, 9.17) is 5.73 Å². The minimum absolute atomic E-state index is 0.0102. The first-order valence-electron chi connectivity index (χ1n) is 9.06. The fraction of sp³-hybridized carbons (Fsp3) is 0.579. The molecule has 0 spiro atoms. The largest absolute Gasteiger partial charge is 0.339 e. The van der Waals surface area contributed by atoms with Gasteiger partial charge in [0.25, 0.3) is 0 Å². The van der Waals surface area contributed by atoms with Crippen LogP contribution in [0.25, 0.3) is 0 Å². The Morgan fingerprint density at radius 1 is 1.16 bits per heavy atom. The number of nitrogens with zero attached hydrogens (tertiary/aromatic N) is 2. The van der Waals surface area contributed by atoms with Crippen LogP contribution < -0.4 is 11.1 Å². The van der Waals surface area contributed by atoms with Crippen molar-refractivity contribution in [2.24, 2.45) is 11.7 Å². The Bertz CT molecular complexity index is 595. The first-order valence-corrected chi connectivity index (χ1v) is 9.06. The van der Waals surface area contributed by atoms with Gasteiger partial charge in [0.2, 0.25) is 11.8 Å². The van der Waals surface area contributed by atoms with Crippen molar-refractivity contribution in [3.63, 3.8) is 0 Å². The highest BCUT2D eigenvalue weighted by Gasteiger charge is 2.27. The summed E-state index contributed by atoms with van der Waals surface area (Å²) in [4.78, 5) is 28.5. The monoisotopic (exact) mass is 346 g/mol. The van der Waals surface area contributed by atoms with Gasteiger partial charge in [0.1, 0.15) is 0 Å². The number of nitrogens with two attached hydrogens (primary N) is 1. The predicted octanol–water partition coefficient (Wildman–Crippen LogP) is 1.32. The number of benzene rings is 1. The third kappa shape index (κ3) is 5.28. The maximum absolute atomic E-state index is 12.3. The van der Waals surface area contributed by atoms with Crippen LogP contribution in [0.3, 0.4) is 0 Å². The second-order valence-electron chi connectivity index (χ2n) is 6.93. The number of piperazine rings is 1. The Balaban J connectivity index is 1.81. The van der Waals surface area contributed by atoms with Crippen molar-refractivity contribution in [2.45, 2.75) is 33.2 Å². The molecule has 6 nitrogen and oxygen atoms in total. The van der Waals surface area contributed by atoms with E-state index in [1.807, 2.05) is 43.0 Å². The zero-order valence-electron chi connectivity index (χ0n) is 15.5. The summed E-state index contributed by atoms with van der Waals surface area (Å²) in [6.45, 7) is 8.96. The van der Waals surface area contributed by atoms with Gasteiger partial charge < -0.3 is 16.0 Å². The van der Waals surface area contributed by atoms with Crippen LogP contribution in [0.1, 0.15) is 26.3 Å². The summed E-state index contributed by atoms with van der Waals surface area (Å²) in [6.07, 6.45) is 0.882. The average molecular weight is 346 g/mol. The molecule has 0 aromatic heterocycles. The number of nitrogens with one attached hydrogen (secondary N) is 1. The van der Waals surface area contributed by atoms with E-state index in [1.165, 1.54) is 0 Å². The summed E-state index contributed by atoms with van der Waals surface area (Å²) in [5.41, 5.74) is 7.97.